The van der Waals surface area contributed by atoms with Crippen LogP contribution in [0.2, 0.25) is 0 Å². The molecule has 0 fully saturated rings. The Morgan fingerprint density at radius 1 is 1.29 bits per heavy atom. The third kappa shape index (κ3) is 4.24. The number of allylic oxidation sites excluding steroid dienone is 1. The second-order valence-electron chi connectivity index (χ2n) is 3.55. The van der Waals surface area contributed by atoms with E-state index in [9.17, 15) is 0 Å². The first kappa shape index (κ1) is 11.0. The molecule has 1 nitrogen and oxygen atoms in total. The van der Waals surface area contributed by atoms with Crippen LogP contribution < -0.4 is 5.32 Å². The smallest absolute Gasteiger partial charge is 0.0205 e. The Balaban J connectivity index is 2.17. The van der Waals surface area contributed by atoms with Crippen molar-refractivity contribution in [3.63, 3.8) is 0 Å². The minimum atomic E-state index is 0.970. The second-order valence-corrected chi connectivity index (χ2v) is 3.55. The van der Waals surface area contributed by atoms with E-state index in [2.05, 4.69) is 49.5 Å². The van der Waals surface area contributed by atoms with E-state index in [1.807, 2.05) is 6.07 Å². The van der Waals surface area contributed by atoms with E-state index in [1.54, 1.807) is 0 Å². The van der Waals surface area contributed by atoms with Crippen LogP contribution in [0.4, 0.5) is 0 Å². The van der Waals surface area contributed by atoms with Crippen LogP contribution in [-0.2, 0) is 6.54 Å². The first-order valence-electron chi connectivity index (χ1n) is 5.19. The van der Waals surface area contributed by atoms with E-state index in [0.29, 0.717) is 0 Å². The van der Waals surface area contributed by atoms with Crippen molar-refractivity contribution in [2.45, 2.75) is 26.8 Å². The average molecular weight is 189 g/mol. The van der Waals surface area contributed by atoms with Crippen molar-refractivity contribution in [3.8, 4) is 0 Å². The predicted octanol–water partition coefficient (Wildman–Crippen LogP) is 3.13. The van der Waals surface area contributed by atoms with Crippen LogP contribution in [0.5, 0.6) is 0 Å². The molecule has 1 heteroatoms. The number of hydrogen-bond acceptors (Lipinski definition) is 1. The molecule has 0 saturated heterocycles. The van der Waals surface area contributed by atoms with Gasteiger partial charge in [0.25, 0.3) is 0 Å². The molecule has 0 spiro atoms. The van der Waals surface area contributed by atoms with Gasteiger partial charge in [-0.25, -0.2) is 0 Å². The zero-order valence-electron chi connectivity index (χ0n) is 9.09. The van der Waals surface area contributed by atoms with Crippen LogP contribution in [0.15, 0.2) is 42.0 Å². The molecule has 1 aromatic carbocycles. The van der Waals surface area contributed by atoms with Crippen molar-refractivity contribution < 1.29 is 0 Å². The molecule has 76 valence electrons. The largest absolute Gasteiger partial charge is 0.312 e. The summed E-state index contributed by atoms with van der Waals surface area (Å²) in [6, 6.07) is 10.5. The van der Waals surface area contributed by atoms with Crippen LogP contribution in [-0.4, -0.2) is 6.54 Å². The molecule has 0 radical (unpaired) electrons. The number of rotatable bonds is 5. The average Bonchev–Trinajstić information content (AvgIpc) is 2.25. The summed E-state index contributed by atoms with van der Waals surface area (Å²) in [5.74, 6) is 0. The molecule has 0 unspecified atom stereocenters. The topological polar surface area (TPSA) is 12.0 Å². The van der Waals surface area contributed by atoms with Gasteiger partial charge < -0.3 is 5.32 Å². The Morgan fingerprint density at radius 3 is 2.64 bits per heavy atom. The SMILES string of the molecule is C/C=C(\C)CCNCc1ccccc1. The lowest BCUT2D eigenvalue weighted by atomic mass is 10.2. The first-order chi connectivity index (χ1) is 6.83. The van der Waals surface area contributed by atoms with Gasteiger partial charge in [0.05, 0.1) is 0 Å². The van der Waals surface area contributed by atoms with Gasteiger partial charge in [-0.05, 0) is 32.4 Å². The zero-order valence-corrected chi connectivity index (χ0v) is 9.09. The number of hydrogen-bond donors (Lipinski definition) is 1. The summed E-state index contributed by atoms with van der Waals surface area (Å²) in [5.41, 5.74) is 2.80. The predicted molar refractivity (Wildman–Crippen MR) is 62.2 cm³/mol. The molecule has 0 aliphatic carbocycles. The minimum absolute atomic E-state index is 0.970. The molecular formula is C13H19N. The minimum Gasteiger partial charge on any atom is -0.312 e. The maximum Gasteiger partial charge on any atom is 0.0205 e. The molecule has 0 bridgehead atoms. The summed E-state index contributed by atoms with van der Waals surface area (Å²) in [6.45, 7) is 6.29. The van der Waals surface area contributed by atoms with Crippen LogP contribution >= 0.6 is 0 Å². The zero-order chi connectivity index (χ0) is 10.2. The summed E-state index contributed by atoms with van der Waals surface area (Å²) in [4.78, 5) is 0. The molecule has 0 saturated carbocycles. The normalized spacial score (nSPS) is 11.7. The lowest BCUT2D eigenvalue weighted by Crippen LogP contribution is -2.14. The van der Waals surface area contributed by atoms with Gasteiger partial charge in [-0.1, -0.05) is 42.0 Å². The van der Waals surface area contributed by atoms with Gasteiger partial charge in [0.1, 0.15) is 0 Å². The summed E-state index contributed by atoms with van der Waals surface area (Å²) in [6.07, 6.45) is 3.31. The molecule has 0 aromatic heterocycles. The first-order valence-corrected chi connectivity index (χ1v) is 5.19. The van der Waals surface area contributed by atoms with Crippen molar-refractivity contribution in [3.05, 3.63) is 47.5 Å². The maximum absolute atomic E-state index is 3.43. The highest BCUT2D eigenvalue weighted by Gasteiger charge is 1.91. The van der Waals surface area contributed by atoms with Gasteiger partial charge in [-0.15, -0.1) is 0 Å². The van der Waals surface area contributed by atoms with Gasteiger partial charge in [-0.2, -0.15) is 0 Å². The van der Waals surface area contributed by atoms with Crippen LogP contribution in [0.1, 0.15) is 25.8 Å². The standard InChI is InChI=1S/C13H19N/c1-3-12(2)9-10-14-11-13-7-5-4-6-8-13/h3-8,14H,9-11H2,1-2H3/b12-3+. The van der Waals surface area contributed by atoms with E-state index < -0.39 is 0 Å². The highest BCUT2D eigenvalue weighted by atomic mass is 14.8. The van der Waals surface area contributed by atoms with Gasteiger partial charge in [0.2, 0.25) is 0 Å². The Labute approximate surface area is 86.8 Å². The van der Waals surface area contributed by atoms with E-state index in [0.717, 1.165) is 19.5 Å². The van der Waals surface area contributed by atoms with E-state index in [-0.39, 0.29) is 0 Å². The Morgan fingerprint density at radius 2 is 2.00 bits per heavy atom. The fourth-order valence-corrected chi connectivity index (χ4v) is 1.26. The van der Waals surface area contributed by atoms with Crippen molar-refractivity contribution in [2.24, 2.45) is 0 Å². The highest BCUT2D eigenvalue weighted by molar-refractivity contribution is 5.14. The highest BCUT2D eigenvalue weighted by Crippen LogP contribution is 1.99. The molecule has 1 rings (SSSR count). The van der Waals surface area contributed by atoms with E-state index in [1.165, 1.54) is 11.1 Å². The summed E-state index contributed by atoms with van der Waals surface area (Å²) in [7, 11) is 0. The molecule has 0 atom stereocenters. The lowest BCUT2D eigenvalue weighted by molar-refractivity contribution is 0.684. The fraction of sp³-hybridized carbons (Fsp3) is 0.385. The molecule has 1 N–H and O–H groups in total. The van der Waals surface area contributed by atoms with Crippen molar-refractivity contribution in [1.82, 2.24) is 5.32 Å². The van der Waals surface area contributed by atoms with Crippen LogP contribution in [0.25, 0.3) is 0 Å². The summed E-state index contributed by atoms with van der Waals surface area (Å²) >= 11 is 0. The molecule has 14 heavy (non-hydrogen) atoms. The summed E-state index contributed by atoms with van der Waals surface area (Å²) < 4.78 is 0. The third-order valence-electron chi connectivity index (χ3n) is 2.36. The van der Waals surface area contributed by atoms with Crippen LogP contribution in [0.3, 0.4) is 0 Å². The van der Waals surface area contributed by atoms with Gasteiger partial charge in [0.15, 0.2) is 0 Å². The van der Waals surface area contributed by atoms with E-state index in [4.69, 9.17) is 0 Å². The quantitative estimate of drug-likeness (QED) is 0.554. The van der Waals surface area contributed by atoms with Gasteiger partial charge in [0, 0.05) is 6.54 Å². The lowest BCUT2D eigenvalue weighted by Gasteiger charge is -2.04. The third-order valence-corrected chi connectivity index (χ3v) is 2.36. The Hall–Kier alpha value is -1.08. The van der Waals surface area contributed by atoms with Crippen LogP contribution in [0, 0.1) is 0 Å². The molecule has 0 aliphatic rings. The number of nitrogens with one attached hydrogen (secondary N) is 1. The molecular weight excluding hydrogens is 170 g/mol. The molecule has 0 heterocycles. The van der Waals surface area contributed by atoms with Gasteiger partial charge in [-0.3, -0.25) is 0 Å². The molecule has 0 amide bonds. The number of benzene rings is 1. The maximum atomic E-state index is 3.43. The van der Waals surface area contributed by atoms with E-state index >= 15 is 0 Å². The Kier molecular flexibility index (Phi) is 5.02. The second kappa shape index (κ2) is 6.39. The molecule has 0 aliphatic heterocycles. The van der Waals surface area contributed by atoms with Crippen molar-refractivity contribution >= 4 is 0 Å². The van der Waals surface area contributed by atoms with Crippen molar-refractivity contribution in [1.29, 1.82) is 0 Å². The fourth-order valence-electron chi connectivity index (χ4n) is 1.26. The monoisotopic (exact) mass is 189 g/mol. The van der Waals surface area contributed by atoms with Gasteiger partial charge >= 0.3 is 0 Å². The summed E-state index contributed by atoms with van der Waals surface area (Å²) in [5, 5.41) is 3.43. The van der Waals surface area contributed by atoms with Crippen molar-refractivity contribution in [2.75, 3.05) is 6.54 Å². The molecule has 1 aromatic rings. The Bertz CT molecular complexity index is 275.